The molecule has 0 aliphatic carbocycles. The number of aryl methyl sites for hydroxylation is 1. The van der Waals surface area contributed by atoms with Crippen LogP contribution in [0.1, 0.15) is 48.4 Å². The maximum atomic E-state index is 13.0. The molecule has 7 nitrogen and oxygen atoms in total. The van der Waals surface area contributed by atoms with Crippen LogP contribution in [0.2, 0.25) is 0 Å². The first-order chi connectivity index (χ1) is 13.3. The minimum atomic E-state index is -1.18. The number of amides is 1. The highest BCUT2D eigenvalue weighted by Gasteiger charge is 2.22. The number of hydrogen-bond acceptors (Lipinski definition) is 5. The van der Waals surface area contributed by atoms with Crippen LogP contribution in [0, 0.1) is 0 Å². The van der Waals surface area contributed by atoms with E-state index in [1.54, 1.807) is 0 Å². The highest BCUT2D eigenvalue weighted by molar-refractivity contribution is 7.17. The minimum Gasteiger partial charge on any atom is -0.478 e. The fourth-order valence-electron chi connectivity index (χ4n) is 3.07. The number of fused-ring (bicyclic) bond motifs is 1. The third kappa shape index (κ3) is 3.68. The van der Waals surface area contributed by atoms with Crippen LogP contribution >= 0.6 is 11.3 Å². The van der Waals surface area contributed by atoms with Crippen molar-refractivity contribution < 1.29 is 14.7 Å². The van der Waals surface area contributed by atoms with Gasteiger partial charge in [-0.1, -0.05) is 39.0 Å². The number of para-hydroxylation sites is 1. The Balaban J connectivity index is 2.03. The number of nitrogens with one attached hydrogen (secondary N) is 1. The zero-order valence-electron chi connectivity index (χ0n) is 15.9. The second kappa shape index (κ2) is 7.93. The van der Waals surface area contributed by atoms with Gasteiger partial charge in [-0.15, -0.1) is 11.3 Å². The van der Waals surface area contributed by atoms with Crippen molar-refractivity contribution >= 4 is 39.1 Å². The number of benzene rings is 1. The molecule has 0 radical (unpaired) electrons. The third-order valence-electron chi connectivity index (χ3n) is 4.44. The van der Waals surface area contributed by atoms with Gasteiger partial charge < -0.3 is 10.4 Å². The quantitative estimate of drug-likeness (QED) is 0.661. The molecule has 0 saturated heterocycles. The molecule has 0 aliphatic rings. The van der Waals surface area contributed by atoms with Gasteiger partial charge in [0.1, 0.15) is 17.2 Å². The topological polar surface area (TPSA) is 101 Å². The van der Waals surface area contributed by atoms with Gasteiger partial charge in [0.15, 0.2) is 0 Å². The molecule has 2 heterocycles. The van der Waals surface area contributed by atoms with E-state index in [4.69, 9.17) is 0 Å². The predicted molar refractivity (Wildman–Crippen MR) is 109 cm³/mol. The Morgan fingerprint density at radius 2 is 2.00 bits per heavy atom. The van der Waals surface area contributed by atoms with E-state index in [-0.39, 0.29) is 29.3 Å². The molecule has 1 amide bonds. The van der Waals surface area contributed by atoms with Gasteiger partial charge in [-0.25, -0.2) is 9.78 Å². The van der Waals surface area contributed by atoms with E-state index in [2.05, 4.69) is 10.3 Å². The first-order valence-electron chi connectivity index (χ1n) is 8.96. The lowest BCUT2D eigenvalue weighted by Crippen LogP contribution is -2.32. The molecule has 28 heavy (non-hydrogen) atoms. The van der Waals surface area contributed by atoms with Crippen molar-refractivity contribution in [3.63, 3.8) is 0 Å². The largest absolute Gasteiger partial charge is 0.478 e. The minimum absolute atomic E-state index is 0.0451. The van der Waals surface area contributed by atoms with Crippen molar-refractivity contribution in [3.8, 4) is 0 Å². The number of aromatic carboxylic acids is 1. The lowest BCUT2D eigenvalue weighted by atomic mass is 10.1. The maximum absolute atomic E-state index is 13.0. The summed E-state index contributed by atoms with van der Waals surface area (Å²) in [5.41, 5.74) is 1.10. The standard InChI is InChI=1S/C20H21N3O4S/c1-4-12-7-5-6-8-14(12)21-15(24)9-23-17(11(2)3)22-18-16(19(23)25)13(10-28-18)20(26)27/h5-8,10-11H,4,9H2,1-3H3,(H,21,24)(H,26,27). The van der Waals surface area contributed by atoms with E-state index >= 15 is 0 Å². The molecule has 0 unspecified atom stereocenters. The summed E-state index contributed by atoms with van der Waals surface area (Å²) in [4.78, 5) is 42.0. The Morgan fingerprint density at radius 1 is 1.29 bits per heavy atom. The summed E-state index contributed by atoms with van der Waals surface area (Å²) in [6.45, 7) is 5.51. The summed E-state index contributed by atoms with van der Waals surface area (Å²) in [6, 6.07) is 7.47. The number of carbonyl (C=O) groups excluding carboxylic acids is 1. The molecule has 1 aromatic carbocycles. The number of aromatic nitrogens is 2. The molecule has 8 heteroatoms. The van der Waals surface area contributed by atoms with E-state index in [1.807, 2.05) is 45.0 Å². The number of thiophene rings is 1. The van der Waals surface area contributed by atoms with E-state index in [1.165, 1.54) is 9.95 Å². The summed E-state index contributed by atoms with van der Waals surface area (Å²) in [6.07, 6.45) is 0.762. The number of anilines is 1. The van der Waals surface area contributed by atoms with Crippen LogP contribution < -0.4 is 10.9 Å². The SMILES string of the molecule is CCc1ccccc1NC(=O)Cn1c(C(C)C)nc2scc(C(=O)O)c2c1=O. The average Bonchev–Trinajstić information content (AvgIpc) is 3.08. The van der Waals surface area contributed by atoms with Gasteiger partial charge in [0.2, 0.25) is 5.91 Å². The van der Waals surface area contributed by atoms with Crippen LogP contribution in [-0.4, -0.2) is 26.5 Å². The fraction of sp³-hybridized carbons (Fsp3) is 0.300. The predicted octanol–water partition coefficient (Wildman–Crippen LogP) is 3.48. The molecule has 0 fully saturated rings. The van der Waals surface area contributed by atoms with Gasteiger partial charge in [0, 0.05) is 17.0 Å². The summed E-state index contributed by atoms with van der Waals surface area (Å²) in [7, 11) is 0. The second-order valence-electron chi connectivity index (χ2n) is 6.71. The van der Waals surface area contributed by atoms with Crippen LogP contribution in [0.4, 0.5) is 5.69 Å². The molecule has 3 aromatic rings. The van der Waals surface area contributed by atoms with E-state index < -0.39 is 11.5 Å². The number of carboxylic acid groups (broad SMARTS) is 1. The van der Waals surface area contributed by atoms with Crippen LogP contribution in [0.5, 0.6) is 0 Å². The number of rotatable bonds is 6. The molecular weight excluding hydrogens is 378 g/mol. The Labute approximate surface area is 165 Å². The number of carbonyl (C=O) groups is 2. The summed E-state index contributed by atoms with van der Waals surface area (Å²) >= 11 is 1.12. The molecule has 3 rings (SSSR count). The normalized spacial score (nSPS) is 11.1. The summed E-state index contributed by atoms with van der Waals surface area (Å²) in [5, 5.41) is 13.6. The molecular formula is C20H21N3O4S. The zero-order chi connectivity index (χ0) is 20.4. The molecule has 0 atom stereocenters. The van der Waals surface area contributed by atoms with Crippen LogP contribution in [0.3, 0.4) is 0 Å². The van der Waals surface area contributed by atoms with Crippen molar-refractivity contribution in [2.45, 2.75) is 39.7 Å². The maximum Gasteiger partial charge on any atom is 0.337 e. The van der Waals surface area contributed by atoms with Crippen molar-refractivity contribution in [1.29, 1.82) is 0 Å². The zero-order valence-corrected chi connectivity index (χ0v) is 16.7. The van der Waals surface area contributed by atoms with Crippen LogP contribution in [0.15, 0.2) is 34.4 Å². The lowest BCUT2D eigenvalue weighted by Gasteiger charge is -2.16. The van der Waals surface area contributed by atoms with Crippen LogP contribution in [-0.2, 0) is 17.8 Å². The Morgan fingerprint density at radius 3 is 2.64 bits per heavy atom. The van der Waals surface area contributed by atoms with Gasteiger partial charge in [0.05, 0.1) is 10.9 Å². The fourth-order valence-corrected chi connectivity index (χ4v) is 3.98. The Bertz CT molecular complexity index is 1110. The first kappa shape index (κ1) is 19.8. The summed E-state index contributed by atoms with van der Waals surface area (Å²) < 4.78 is 1.27. The number of carboxylic acids is 1. The van der Waals surface area contributed by atoms with E-state index in [0.29, 0.717) is 16.3 Å². The van der Waals surface area contributed by atoms with Gasteiger partial charge in [0.25, 0.3) is 5.56 Å². The lowest BCUT2D eigenvalue weighted by molar-refractivity contribution is -0.116. The van der Waals surface area contributed by atoms with Crippen molar-refractivity contribution in [1.82, 2.24) is 9.55 Å². The highest BCUT2D eigenvalue weighted by Crippen LogP contribution is 2.24. The van der Waals surface area contributed by atoms with Gasteiger partial charge >= 0.3 is 5.97 Å². The Kier molecular flexibility index (Phi) is 5.60. The molecule has 2 aromatic heterocycles. The molecule has 0 spiro atoms. The van der Waals surface area contributed by atoms with Gasteiger partial charge in [-0.2, -0.15) is 0 Å². The molecule has 0 saturated carbocycles. The van der Waals surface area contributed by atoms with Crippen LogP contribution in [0.25, 0.3) is 10.2 Å². The second-order valence-corrected chi connectivity index (χ2v) is 7.57. The van der Waals surface area contributed by atoms with E-state index in [9.17, 15) is 19.5 Å². The van der Waals surface area contributed by atoms with Gasteiger partial charge in [-0.3, -0.25) is 14.2 Å². The number of hydrogen-bond donors (Lipinski definition) is 2. The first-order valence-corrected chi connectivity index (χ1v) is 9.84. The molecule has 2 N–H and O–H groups in total. The monoisotopic (exact) mass is 399 g/mol. The highest BCUT2D eigenvalue weighted by atomic mass is 32.1. The van der Waals surface area contributed by atoms with Crippen molar-refractivity contribution in [3.05, 3.63) is 57.0 Å². The Hall–Kier alpha value is -3.00. The van der Waals surface area contributed by atoms with Crippen molar-refractivity contribution in [2.75, 3.05) is 5.32 Å². The summed E-state index contributed by atoms with van der Waals surface area (Å²) in [5.74, 6) is -1.20. The average molecular weight is 399 g/mol. The third-order valence-corrected chi connectivity index (χ3v) is 5.32. The molecule has 0 aliphatic heterocycles. The number of nitrogens with zero attached hydrogens (tertiary/aromatic N) is 2. The molecule has 146 valence electrons. The van der Waals surface area contributed by atoms with Gasteiger partial charge in [-0.05, 0) is 18.1 Å². The van der Waals surface area contributed by atoms with Crippen molar-refractivity contribution in [2.24, 2.45) is 0 Å². The smallest absolute Gasteiger partial charge is 0.337 e. The van der Waals surface area contributed by atoms with E-state index in [0.717, 1.165) is 23.3 Å². The molecule has 0 bridgehead atoms.